The predicted octanol–water partition coefficient (Wildman–Crippen LogP) is 3.29. The molecular weight excluding hydrogens is 202 g/mol. The van der Waals surface area contributed by atoms with Crippen molar-refractivity contribution in [2.45, 2.75) is 38.6 Å². The van der Waals surface area contributed by atoms with Crippen LogP contribution in [0.1, 0.15) is 33.1 Å². The van der Waals surface area contributed by atoms with Crippen molar-refractivity contribution in [3.8, 4) is 0 Å². The molecule has 0 heterocycles. The second-order valence-electron chi connectivity index (χ2n) is 4.34. The van der Waals surface area contributed by atoms with Crippen LogP contribution in [0, 0.1) is 5.92 Å². The number of hydrogen-bond acceptors (Lipinski definition) is 1. The summed E-state index contributed by atoms with van der Waals surface area (Å²) in [6.07, 6.45) is 9.94. The molecule has 0 fully saturated rings. The summed E-state index contributed by atoms with van der Waals surface area (Å²) >= 11 is 0. The van der Waals surface area contributed by atoms with Crippen LogP contribution in [0.3, 0.4) is 0 Å². The highest BCUT2D eigenvalue weighted by molar-refractivity contribution is 5.66. The number of allylic oxidation sites excluding steroid dienone is 2. The Labute approximate surface area is 97.4 Å². The van der Waals surface area contributed by atoms with Crippen molar-refractivity contribution in [3.05, 3.63) is 24.3 Å². The first kappa shape index (κ1) is 12.8. The van der Waals surface area contributed by atoms with Crippen LogP contribution < -0.4 is 0 Å². The van der Waals surface area contributed by atoms with Crippen molar-refractivity contribution >= 4 is 6.09 Å². The molecule has 0 aromatic heterocycles. The zero-order chi connectivity index (χ0) is 12.2. The summed E-state index contributed by atoms with van der Waals surface area (Å²) in [4.78, 5) is 12.7. The number of likely N-dealkylation sites (N-methyl/N-ethyl adjacent to an activating group) is 1. The number of carboxylic acid groups (broad SMARTS) is 1. The summed E-state index contributed by atoms with van der Waals surface area (Å²) in [5.41, 5.74) is -0.357. The Hall–Kier alpha value is -1.25. The minimum Gasteiger partial charge on any atom is -0.465 e. The van der Waals surface area contributed by atoms with Gasteiger partial charge in [0.15, 0.2) is 0 Å². The van der Waals surface area contributed by atoms with Gasteiger partial charge in [-0.1, -0.05) is 51.0 Å². The Morgan fingerprint density at radius 3 is 2.44 bits per heavy atom. The second kappa shape index (κ2) is 5.19. The summed E-state index contributed by atoms with van der Waals surface area (Å²) in [5.74, 6) is 0.370. The molecule has 1 atom stereocenters. The SMILES string of the molecule is CCC(CC)C1(N(C)C(=O)O)C=CC=CC1. The van der Waals surface area contributed by atoms with Gasteiger partial charge in [-0.2, -0.15) is 0 Å². The van der Waals surface area contributed by atoms with Gasteiger partial charge in [-0.3, -0.25) is 0 Å². The van der Waals surface area contributed by atoms with E-state index in [1.807, 2.05) is 18.2 Å². The monoisotopic (exact) mass is 223 g/mol. The molecule has 1 unspecified atom stereocenters. The number of nitrogens with zero attached hydrogens (tertiary/aromatic N) is 1. The molecule has 0 bridgehead atoms. The van der Waals surface area contributed by atoms with Gasteiger partial charge in [0.25, 0.3) is 0 Å². The molecule has 1 rings (SSSR count). The minimum atomic E-state index is -0.855. The molecule has 1 aliphatic rings. The molecular formula is C13H21NO2. The zero-order valence-electron chi connectivity index (χ0n) is 10.3. The fourth-order valence-electron chi connectivity index (χ4n) is 2.62. The fraction of sp³-hybridized carbons (Fsp3) is 0.615. The van der Waals surface area contributed by atoms with Crippen LogP contribution in [-0.4, -0.2) is 28.7 Å². The van der Waals surface area contributed by atoms with Gasteiger partial charge in [0.05, 0.1) is 5.54 Å². The van der Waals surface area contributed by atoms with E-state index in [9.17, 15) is 9.90 Å². The van der Waals surface area contributed by atoms with E-state index >= 15 is 0 Å². The van der Waals surface area contributed by atoms with Gasteiger partial charge in [-0.05, 0) is 12.3 Å². The number of carbonyl (C=O) groups is 1. The van der Waals surface area contributed by atoms with Gasteiger partial charge < -0.3 is 10.0 Å². The lowest BCUT2D eigenvalue weighted by atomic mass is 9.75. The van der Waals surface area contributed by atoms with E-state index in [-0.39, 0.29) is 5.54 Å². The zero-order valence-corrected chi connectivity index (χ0v) is 10.3. The van der Waals surface area contributed by atoms with E-state index in [1.54, 1.807) is 7.05 Å². The molecule has 3 nitrogen and oxygen atoms in total. The smallest absolute Gasteiger partial charge is 0.407 e. The summed E-state index contributed by atoms with van der Waals surface area (Å²) in [6, 6.07) is 0. The lowest BCUT2D eigenvalue weighted by Gasteiger charge is -2.44. The molecule has 0 aromatic rings. The third-order valence-corrected chi connectivity index (χ3v) is 3.68. The van der Waals surface area contributed by atoms with E-state index in [0.29, 0.717) is 5.92 Å². The van der Waals surface area contributed by atoms with Crippen LogP contribution in [0.5, 0.6) is 0 Å². The van der Waals surface area contributed by atoms with Crippen molar-refractivity contribution < 1.29 is 9.90 Å². The third-order valence-electron chi connectivity index (χ3n) is 3.68. The van der Waals surface area contributed by atoms with Gasteiger partial charge in [0, 0.05) is 7.05 Å². The molecule has 1 amide bonds. The molecule has 0 spiro atoms. The first-order valence-electron chi connectivity index (χ1n) is 5.89. The Morgan fingerprint density at radius 1 is 1.44 bits per heavy atom. The van der Waals surface area contributed by atoms with Gasteiger partial charge in [0.2, 0.25) is 0 Å². The quantitative estimate of drug-likeness (QED) is 0.794. The molecule has 0 saturated carbocycles. The summed E-state index contributed by atoms with van der Waals surface area (Å²) < 4.78 is 0. The third kappa shape index (κ3) is 2.13. The Kier molecular flexibility index (Phi) is 4.16. The minimum absolute atomic E-state index is 0.357. The summed E-state index contributed by atoms with van der Waals surface area (Å²) in [7, 11) is 1.67. The lowest BCUT2D eigenvalue weighted by Crippen LogP contribution is -2.53. The first-order valence-corrected chi connectivity index (χ1v) is 5.89. The van der Waals surface area contributed by atoms with Gasteiger partial charge >= 0.3 is 6.09 Å². The van der Waals surface area contributed by atoms with Crippen molar-refractivity contribution in [1.29, 1.82) is 0 Å². The Bertz CT molecular complexity index is 305. The molecule has 16 heavy (non-hydrogen) atoms. The standard InChI is InChI=1S/C13H21NO2/c1-4-11(5-2)13(14(3)12(15)16)9-7-6-8-10-13/h6-9,11H,4-5,10H2,1-3H3,(H,15,16). The largest absolute Gasteiger partial charge is 0.465 e. The molecule has 0 radical (unpaired) electrons. The molecule has 0 aliphatic heterocycles. The predicted molar refractivity (Wildman–Crippen MR) is 65.5 cm³/mol. The van der Waals surface area contributed by atoms with E-state index in [4.69, 9.17) is 0 Å². The average molecular weight is 223 g/mol. The molecule has 0 saturated heterocycles. The van der Waals surface area contributed by atoms with Crippen LogP contribution in [0.4, 0.5) is 4.79 Å². The number of rotatable bonds is 4. The van der Waals surface area contributed by atoms with E-state index in [1.165, 1.54) is 4.90 Å². The highest BCUT2D eigenvalue weighted by atomic mass is 16.4. The Balaban J connectivity index is 3.06. The second-order valence-corrected chi connectivity index (χ2v) is 4.34. The lowest BCUT2D eigenvalue weighted by molar-refractivity contribution is 0.0801. The fourth-order valence-corrected chi connectivity index (χ4v) is 2.62. The van der Waals surface area contributed by atoms with Crippen LogP contribution in [-0.2, 0) is 0 Å². The van der Waals surface area contributed by atoms with Crippen molar-refractivity contribution in [3.63, 3.8) is 0 Å². The number of amides is 1. The molecule has 1 aliphatic carbocycles. The van der Waals surface area contributed by atoms with E-state index in [2.05, 4.69) is 19.9 Å². The maximum absolute atomic E-state index is 11.2. The maximum Gasteiger partial charge on any atom is 0.407 e. The van der Waals surface area contributed by atoms with Crippen molar-refractivity contribution in [2.75, 3.05) is 7.05 Å². The van der Waals surface area contributed by atoms with E-state index in [0.717, 1.165) is 19.3 Å². The van der Waals surface area contributed by atoms with E-state index < -0.39 is 6.09 Å². The number of hydrogen-bond donors (Lipinski definition) is 1. The molecule has 1 N–H and O–H groups in total. The van der Waals surface area contributed by atoms with Crippen LogP contribution in [0.25, 0.3) is 0 Å². The van der Waals surface area contributed by atoms with Gasteiger partial charge in [-0.15, -0.1) is 0 Å². The van der Waals surface area contributed by atoms with Crippen molar-refractivity contribution in [2.24, 2.45) is 5.92 Å². The van der Waals surface area contributed by atoms with Crippen LogP contribution in [0.2, 0.25) is 0 Å². The highest BCUT2D eigenvalue weighted by Crippen LogP contribution is 2.36. The average Bonchev–Trinajstić information content (AvgIpc) is 2.30. The van der Waals surface area contributed by atoms with Gasteiger partial charge in [0.1, 0.15) is 0 Å². The summed E-state index contributed by atoms with van der Waals surface area (Å²) in [6.45, 7) is 4.25. The topological polar surface area (TPSA) is 40.5 Å². The maximum atomic E-state index is 11.2. The van der Waals surface area contributed by atoms with Crippen LogP contribution in [0.15, 0.2) is 24.3 Å². The Morgan fingerprint density at radius 2 is 2.06 bits per heavy atom. The first-order chi connectivity index (χ1) is 7.58. The molecule has 3 heteroatoms. The van der Waals surface area contributed by atoms with Crippen molar-refractivity contribution in [1.82, 2.24) is 4.90 Å². The molecule has 0 aromatic carbocycles. The summed E-state index contributed by atoms with van der Waals surface area (Å²) in [5, 5.41) is 9.21. The van der Waals surface area contributed by atoms with Crippen LogP contribution >= 0.6 is 0 Å². The van der Waals surface area contributed by atoms with Gasteiger partial charge in [-0.25, -0.2) is 4.79 Å². The molecule has 90 valence electrons. The highest BCUT2D eigenvalue weighted by Gasteiger charge is 2.40. The normalized spacial score (nSPS) is 23.8.